The molecule has 1 saturated heterocycles. The van der Waals surface area contributed by atoms with Gasteiger partial charge in [0.05, 0.1) is 12.5 Å². The van der Waals surface area contributed by atoms with Crippen molar-refractivity contribution >= 4 is 28.9 Å². The molecule has 1 atom stereocenters. The summed E-state index contributed by atoms with van der Waals surface area (Å²) in [5.41, 5.74) is 16.2. The molecule has 4 nitrogen and oxygen atoms in total. The highest BCUT2D eigenvalue weighted by Crippen LogP contribution is 2.28. The predicted octanol–water partition coefficient (Wildman–Crippen LogP) is 2.28. The fourth-order valence-electron chi connectivity index (χ4n) is 2.48. The third-order valence-electron chi connectivity index (χ3n) is 3.55. The molecule has 1 heterocycles. The van der Waals surface area contributed by atoms with Gasteiger partial charge in [-0.15, -0.1) is 0 Å². The van der Waals surface area contributed by atoms with Crippen molar-refractivity contribution in [1.29, 1.82) is 0 Å². The molecule has 106 valence electrons. The van der Waals surface area contributed by atoms with Crippen LogP contribution < -0.4 is 16.8 Å². The SMILES string of the molecule is Nc1cccc(C=C(c2cccc(N)c2)C2CC(=O)N2)c1. The van der Waals surface area contributed by atoms with Gasteiger partial charge in [0.1, 0.15) is 0 Å². The predicted molar refractivity (Wildman–Crippen MR) is 86.1 cm³/mol. The Morgan fingerprint density at radius 3 is 2.38 bits per heavy atom. The summed E-state index contributed by atoms with van der Waals surface area (Å²) in [4.78, 5) is 11.2. The van der Waals surface area contributed by atoms with Crippen molar-refractivity contribution in [3.8, 4) is 0 Å². The van der Waals surface area contributed by atoms with E-state index in [0.29, 0.717) is 17.8 Å². The molecular weight excluding hydrogens is 262 g/mol. The van der Waals surface area contributed by atoms with Crippen LogP contribution in [0.1, 0.15) is 17.5 Å². The topological polar surface area (TPSA) is 81.1 Å². The van der Waals surface area contributed by atoms with Crippen LogP contribution in [0.25, 0.3) is 11.6 Å². The lowest BCUT2D eigenvalue weighted by Crippen LogP contribution is -2.48. The van der Waals surface area contributed by atoms with Crippen LogP contribution >= 0.6 is 0 Å². The summed E-state index contributed by atoms with van der Waals surface area (Å²) in [5.74, 6) is 0.0716. The Labute approximate surface area is 123 Å². The lowest BCUT2D eigenvalue weighted by Gasteiger charge is -2.30. The molecule has 1 fully saturated rings. The van der Waals surface area contributed by atoms with Crippen LogP contribution in [0.5, 0.6) is 0 Å². The fraction of sp³-hybridized carbons (Fsp3) is 0.118. The second-order valence-electron chi connectivity index (χ2n) is 5.22. The average molecular weight is 279 g/mol. The van der Waals surface area contributed by atoms with Crippen molar-refractivity contribution in [2.75, 3.05) is 11.5 Å². The van der Waals surface area contributed by atoms with Gasteiger partial charge in [0.25, 0.3) is 0 Å². The van der Waals surface area contributed by atoms with Crippen LogP contribution in [0.4, 0.5) is 11.4 Å². The third-order valence-corrected chi connectivity index (χ3v) is 3.55. The van der Waals surface area contributed by atoms with Gasteiger partial charge in [-0.25, -0.2) is 0 Å². The highest BCUT2D eigenvalue weighted by molar-refractivity contribution is 5.95. The number of hydrogen-bond donors (Lipinski definition) is 3. The van der Waals surface area contributed by atoms with Gasteiger partial charge in [0.15, 0.2) is 0 Å². The Morgan fingerprint density at radius 2 is 1.76 bits per heavy atom. The first-order chi connectivity index (χ1) is 10.1. The molecule has 2 aromatic rings. The van der Waals surface area contributed by atoms with Gasteiger partial charge in [-0.1, -0.05) is 24.3 Å². The molecule has 3 rings (SSSR count). The zero-order valence-electron chi connectivity index (χ0n) is 11.5. The van der Waals surface area contributed by atoms with Crippen molar-refractivity contribution in [2.45, 2.75) is 12.5 Å². The highest BCUT2D eigenvalue weighted by Gasteiger charge is 2.29. The Balaban J connectivity index is 2.02. The van der Waals surface area contributed by atoms with Gasteiger partial charge in [0, 0.05) is 11.4 Å². The normalized spacial score (nSPS) is 18.0. The van der Waals surface area contributed by atoms with E-state index < -0.39 is 0 Å². The van der Waals surface area contributed by atoms with Crippen molar-refractivity contribution in [1.82, 2.24) is 5.32 Å². The first kappa shape index (κ1) is 13.2. The summed E-state index contributed by atoms with van der Waals surface area (Å²) in [6.07, 6.45) is 2.55. The van der Waals surface area contributed by atoms with Crippen molar-refractivity contribution < 1.29 is 4.79 Å². The number of nitrogens with one attached hydrogen (secondary N) is 1. The summed E-state index contributed by atoms with van der Waals surface area (Å²) in [5, 5.41) is 2.92. The van der Waals surface area contributed by atoms with Crippen LogP contribution in [0.3, 0.4) is 0 Å². The Morgan fingerprint density at radius 1 is 1.10 bits per heavy atom. The summed E-state index contributed by atoms with van der Waals surface area (Å²) in [6.45, 7) is 0. The standard InChI is InChI=1S/C17H17N3O/c18-13-5-1-3-11(7-13)8-15(16-10-17(21)20-16)12-4-2-6-14(19)9-12/h1-9,16H,10,18-19H2,(H,20,21). The van der Waals surface area contributed by atoms with E-state index in [1.807, 2.05) is 48.5 Å². The number of β-lactam (4-membered cyclic amide) rings is 1. The van der Waals surface area contributed by atoms with E-state index in [1.54, 1.807) is 0 Å². The maximum absolute atomic E-state index is 11.2. The molecule has 1 amide bonds. The highest BCUT2D eigenvalue weighted by atomic mass is 16.2. The first-order valence-electron chi connectivity index (χ1n) is 6.84. The lowest BCUT2D eigenvalue weighted by molar-refractivity contribution is -0.126. The second kappa shape index (κ2) is 5.32. The summed E-state index contributed by atoms with van der Waals surface area (Å²) >= 11 is 0. The number of carbonyl (C=O) groups excluding carboxylic acids is 1. The Kier molecular flexibility index (Phi) is 3.36. The number of carbonyl (C=O) groups is 1. The number of hydrogen-bond acceptors (Lipinski definition) is 3. The second-order valence-corrected chi connectivity index (χ2v) is 5.22. The van der Waals surface area contributed by atoms with Gasteiger partial charge < -0.3 is 16.8 Å². The number of rotatable bonds is 3. The molecule has 1 unspecified atom stereocenters. The average Bonchev–Trinajstić information content (AvgIpc) is 2.42. The largest absolute Gasteiger partial charge is 0.399 e. The van der Waals surface area contributed by atoms with Gasteiger partial charge in [-0.05, 0) is 47.0 Å². The zero-order chi connectivity index (χ0) is 14.8. The summed E-state index contributed by atoms with van der Waals surface area (Å²) in [7, 11) is 0. The number of anilines is 2. The van der Waals surface area contributed by atoms with Gasteiger partial charge in [0.2, 0.25) is 5.91 Å². The quantitative estimate of drug-likeness (QED) is 0.458. The molecule has 0 aromatic heterocycles. The summed E-state index contributed by atoms with van der Waals surface area (Å²) < 4.78 is 0. The molecule has 0 saturated carbocycles. The van der Waals surface area contributed by atoms with E-state index in [-0.39, 0.29) is 11.9 Å². The van der Waals surface area contributed by atoms with Crippen molar-refractivity contribution in [2.24, 2.45) is 0 Å². The lowest BCUT2D eigenvalue weighted by atomic mass is 9.89. The number of benzene rings is 2. The Hall–Kier alpha value is -2.75. The molecule has 1 aliphatic rings. The molecular formula is C17H17N3O. The maximum atomic E-state index is 11.2. The zero-order valence-corrected chi connectivity index (χ0v) is 11.5. The van der Waals surface area contributed by atoms with E-state index in [1.165, 1.54) is 0 Å². The number of amides is 1. The van der Waals surface area contributed by atoms with Crippen LogP contribution in [-0.2, 0) is 4.79 Å². The van der Waals surface area contributed by atoms with E-state index in [0.717, 1.165) is 16.7 Å². The minimum absolute atomic E-state index is 0.0285. The summed E-state index contributed by atoms with van der Waals surface area (Å²) in [6, 6.07) is 15.4. The maximum Gasteiger partial charge on any atom is 0.222 e. The van der Waals surface area contributed by atoms with Crippen molar-refractivity contribution in [3.63, 3.8) is 0 Å². The van der Waals surface area contributed by atoms with Gasteiger partial charge in [-0.2, -0.15) is 0 Å². The number of nitrogen functional groups attached to an aromatic ring is 2. The molecule has 0 bridgehead atoms. The minimum Gasteiger partial charge on any atom is -0.399 e. The smallest absolute Gasteiger partial charge is 0.222 e. The molecule has 2 aromatic carbocycles. The van der Waals surface area contributed by atoms with Crippen LogP contribution in [0, 0.1) is 0 Å². The molecule has 4 heteroatoms. The molecule has 0 radical (unpaired) electrons. The first-order valence-corrected chi connectivity index (χ1v) is 6.84. The van der Waals surface area contributed by atoms with Crippen molar-refractivity contribution in [3.05, 3.63) is 59.7 Å². The molecule has 0 aliphatic carbocycles. The van der Waals surface area contributed by atoms with E-state index in [4.69, 9.17) is 11.5 Å². The minimum atomic E-state index is 0.0285. The number of nitrogens with two attached hydrogens (primary N) is 2. The molecule has 21 heavy (non-hydrogen) atoms. The van der Waals surface area contributed by atoms with Gasteiger partial charge in [-0.3, -0.25) is 4.79 Å². The van der Waals surface area contributed by atoms with E-state index in [2.05, 4.69) is 11.4 Å². The Bertz CT molecular complexity index is 713. The van der Waals surface area contributed by atoms with Crippen LogP contribution in [-0.4, -0.2) is 11.9 Å². The van der Waals surface area contributed by atoms with Crippen LogP contribution in [0.2, 0.25) is 0 Å². The fourth-order valence-corrected chi connectivity index (χ4v) is 2.48. The molecule has 0 spiro atoms. The van der Waals surface area contributed by atoms with E-state index >= 15 is 0 Å². The third kappa shape index (κ3) is 2.89. The van der Waals surface area contributed by atoms with Crippen LogP contribution in [0.15, 0.2) is 48.5 Å². The van der Waals surface area contributed by atoms with Gasteiger partial charge >= 0.3 is 0 Å². The van der Waals surface area contributed by atoms with E-state index in [9.17, 15) is 4.79 Å². The molecule has 1 aliphatic heterocycles. The monoisotopic (exact) mass is 279 g/mol. The molecule has 5 N–H and O–H groups in total.